The van der Waals surface area contributed by atoms with Gasteiger partial charge < -0.3 is 19.5 Å². The quantitative estimate of drug-likeness (QED) is 0.499. The Morgan fingerprint density at radius 1 is 1.10 bits per heavy atom. The molecule has 0 saturated carbocycles. The minimum Gasteiger partial charge on any atom is -0.497 e. The SMILES string of the molecule is CCOC(=O)N[C@@H](CC(=O)N/N=C\c1ccc(OC)cc1OC)c1ccccc1. The van der Waals surface area contributed by atoms with E-state index >= 15 is 0 Å². The van der Waals surface area contributed by atoms with E-state index < -0.39 is 12.1 Å². The molecule has 8 nitrogen and oxygen atoms in total. The van der Waals surface area contributed by atoms with Gasteiger partial charge in [-0.3, -0.25) is 4.79 Å². The third kappa shape index (κ3) is 6.84. The highest BCUT2D eigenvalue weighted by molar-refractivity contribution is 5.85. The third-order valence-corrected chi connectivity index (χ3v) is 3.99. The molecule has 2 aromatic carbocycles. The van der Waals surface area contributed by atoms with Crippen LogP contribution in [0.1, 0.15) is 30.5 Å². The van der Waals surface area contributed by atoms with Crippen LogP contribution < -0.4 is 20.2 Å². The van der Waals surface area contributed by atoms with Crippen LogP contribution in [0.15, 0.2) is 53.6 Å². The van der Waals surface area contributed by atoms with Gasteiger partial charge in [-0.1, -0.05) is 30.3 Å². The second-order valence-electron chi connectivity index (χ2n) is 5.93. The highest BCUT2D eigenvalue weighted by Crippen LogP contribution is 2.23. The molecule has 2 rings (SSSR count). The summed E-state index contributed by atoms with van der Waals surface area (Å²) in [7, 11) is 3.10. The summed E-state index contributed by atoms with van der Waals surface area (Å²) in [6.07, 6.45) is 0.896. The van der Waals surface area contributed by atoms with Gasteiger partial charge in [0.25, 0.3) is 0 Å². The molecule has 29 heavy (non-hydrogen) atoms. The molecule has 8 heteroatoms. The number of hydrogen-bond acceptors (Lipinski definition) is 6. The van der Waals surface area contributed by atoms with E-state index in [1.54, 1.807) is 32.2 Å². The summed E-state index contributed by atoms with van der Waals surface area (Å²) in [6, 6.07) is 13.9. The highest BCUT2D eigenvalue weighted by Gasteiger charge is 2.18. The molecule has 0 aliphatic carbocycles. The van der Waals surface area contributed by atoms with Crippen LogP contribution in [0.4, 0.5) is 4.79 Å². The second-order valence-corrected chi connectivity index (χ2v) is 5.93. The fourth-order valence-corrected chi connectivity index (χ4v) is 2.58. The summed E-state index contributed by atoms with van der Waals surface area (Å²) in [5, 5.41) is 6.67. The van der Waals surface area contributed by atoms with Gasteiger partial charge in [-0.05, 0) is 24.6 Å². The molecule has 0 aromatic heterocycles. The van der Waals surface area contributed by atoms with E-state index in [9.17, 15) is 9.59 Å². The Bertz CT molecular complexity index is 839. The molecule has 0 unspecified atom stereocenters. The molecule has 2 aromatic rings. The van der Waals surface area contributed by atoms with E-state index in [4.69, 9.17) is 14.2 Å². The number of alkyl carbamates (subject to hydrolysis) is 1. The Morgan fingerprint density at radius 2 is 1.86 bits per heavy atom. The van der Waals surface area contributed by atoms with Crippen molar-refractivity contribution in [2.45, 2.75) is 19.4 Å². The molecule has 1 atom stereocenters. The first kappa shape index (κ1) is 21.7. The zero-order valence-corrected chi connectivity index (χ0v) is 16.7. The monoisotopic (exact) mass is 399 g/mol. The summed E-state index contributed by atoms with van der Waals surface area (Å²) in [5.41, 5.74) is 3.94. The minimum absolute atomic E-state index is 0.0000842. The lowest BCUT2D eigenvalue weighted by Crippen LogP contribution is -2.33. The Kier molecular flexibility index (Phi) is 8.50. The third-order valence-electron chi connectivity index (χ3n) is 3.99. The molecule has 2 amide bonds. The van der Waals surface area contributed by atoms with Crippen molar-refractivity contribution in [3.8, 4) is 11.5 Å². The van der Waals surface area contributed by atoms with Gasteiger partial charge in [0.1, 0.15) is 11.5 Å². The standard InChI is InChI=1S/C21H25N3O5/c1-4-29-21(26)23-18(15-8-6-5-7-9-15)13-20(25)24-22-14-16-10-11-17(27-2)12-19(16)28-3/h5-12,14,18H,4,13H2,1-3H3,(H,23,26)(H,24,25)/b22-14-/t18-/m0/s1. The first-order chi connectivity index (χ1) is 14.1. The number of rotatable bonds is 9. The van der Waals surface area contributed by atoms with E-state index in [0.717, 1.165) is 5.56 Å². The Labute approximate surface area is 169 Å². The average Bonchev–Trinajstić information content (AvgIpc) is 2.74. The number of carbonyl (C=O) groups is 2. The number of benzene rings is 2. The number of nitrogens with one attached hydrogen (secondary N) is 2. The number of methoxy groups -OCH3 is 2. The second kappa shape index (κ2) is 11.3. The Morgan fingerprint density at radius 3 is 2.52 bits per heavy atom. The molecule has 0 fully saturated rings. The predicted octanol–water partition coefficient (Wildman–Crippen LogP) is 3.03. The van der Waals surface area contributed by atoms with Gasteiger partial charge in [-0.25, -0.2) is 10.2 Å². The normalized spacial score (nSPS) is 11.6. The van der Waals surface area contributed by atoms with Crippen molar-refractivity contribution < 1.29 is 23.8 Å². The topological polar surface area (TPSA) is 98.2 Å². The lowest BCUT2D eigenvalue weighted by atomic mass is 10.0. The number of hydrazone groups is 1. The maximum atomic E-state index is 12.3. The molecule has 0 bridgehead atoms. The Hall–Kier alpha value is -3.55. The summed E-state index contributed by atoms with van der Waals surface area (Å²) in [4.78, 5) is 24.2. The van der Waals surface area contributed by atoms with E-state index in [-0.39, 0.29) is 18.9 Å². The van der Waals surface area contributed by atoms with Gasteiger partial charge >= 0.3 is 6.09 Å². The zero-order valence-electron chi connectivity index (χ0n) is 16.7. The maximum absolute atomic E-state index is 12.3. The highest BCUT2D eigenvalue weighted by atomic mass is 16.5. The first-order valence-electron chi connectivity index (χ1n) is 9.09. The van der Waals surface area contributed by atoms with Crippen LogP contribution in [-0.4, -0.2) is 39.0 Å². The summed E-state index contributed by atoms with van der Waals surface area (Å²) < 4.78 is 15.4. The molecular formula is C21H25N3O5. The molecule has 0 spiro atoms. The molecular weight excluding hydrogens is 374 g/mol. The predicted molar refractivity (Wildman–Crippen MR) is 109 cm³/mol. The summed E-state index contributed by atoms with van der Waals surface area (Å²) in [5.74, 6) is 0.853. The van der Waals surface area contributed by atoms with Gasteiger partial charge in [-0.2, -0.15) is 5.10 Å². The largest absolute Gasteiger partial charge is 0.497 e. The molecule has 0 aliphatic heterocycles. The van der Waals surface area contributed by atoms with Crippen molar-refractivity contribution in [3.05, 3.63) is 59.7 Å². The van der Waals surface area contributed by atoms with E-state index in [1.807, 2.05) is 30.3 Å². The average molecular weight is 399 g/mol. The van der Waals surface area contributed by atoms with Crippen LogP contribution >= 0.6 is 0 Å². The van der Waals surface area contributed by atoms with Crippen LogP contribution in [-0.2, 0) is 9.53 Å². The number of hydrogen-bond donors (Lipinski definition) is 2. The van der Waals surface area contributed by atoms with Crippen molar-refractivity contribution in [2.24, 2.45) is 5.10 Å². The smallest absolute Gasteiger partial charge is 0.407 e. The lowest BCUT2D eigenvalue weighted by molar-refractivity contribution is -0.121. The van der Waals surface area contributed by atoms with Crippen molar-refractivity contribution >= 4 is 18.2 Å². The fourth-order valence-electron chi connectivity index (χ4n) is 2.58. The summed E-state index contributed by atoms with van der Waals surface area (Å²) in [6.45, 7) is 1.96. The number of carbonyl (C=O) groups excluding carboxylic acids is 2. The Balaban J connectivity index is 2.02. The van der Waals surface area contributed by atoms with Crippen molar-refractivity contribution in [3.63, 3.8) is 0 Å². The molecule has 0 heterocycles. The molecule has 154 valence electrons. The van der Waals surface area contributed by atoms with E-state index in [1.165, 1.54) is 13.3 Å². The minimum atomic E-state index is -0.583. The van der Waals surface area contributed by atoms with Gasteiger partial charge in [0.05, 0.1) is 39.5 Å². The maximum Gasteiger partial charge on any atom is 0.407 e. The number of ether oxygens (including phenoxy) is 3. The fraction of sp³-hybridized carbons (Fsp3) is 0.286. The van der Waals surface area contributed by atoms with Crippen molar-refractivity contribution in [2.75, 3.05) is 20.8 Å². The van der Waals surface area contributed by atoms with Crippen molar-refractivity contribution in [1.82, 2.24) is 10.7 Å². The number of nitrogens with zero attached hydrogens (tertiary/aromatic N) is 1. The van der Waals surface area contributed by atoms with Crippen LogP contribution in [0.2, 0.25) is 0 Å². The number of amides is 2. The molecule has 2 N–H and O–H groups in total. The van der Waals surface area contributed by atoms with E-state index in [0.29, 0.717) is 17.1 Å². The van der Waals surface area contributed by atoms with Gasteiger partial charge in [0, 0.05) is 11.6 Å². The summed E-state index contributed by atoms with van der Waals surface area (Å²) >= 11 is 0. The molecule has 0 aliphatic rings. The van der Waals surface area contributed by atoms with Gasteiger partial charge in [0.2, 0.25) is 5.91 Å². The van der Waals surface area contributed by atoms with Crippen LogP contribution in [0.3, 0.4) is 0 Å². The van der Waals surface area contributed by atoms with Crippen LogP contribution in [0, 0.1) is 0 Å². The van der Waals surface area contributed by atoms with Crippen LogP contribution in [0.5, 0.6) is 11.5 Å². The molecule has 0 radical (unpaired) electrons. The lowest BCUT2D eigenvalue weighted by Gasteiger charge is -2.18. The van der Waals surface area contributed by atoms with Crippen molar-refractivity contribution in [1.29, 1.82) is 0 Å². The van der Waals surface area contributed by atoms with E-state index in [2.05, 4.69) is 15.8 Å². The molecule has 0 saturated heterocycles. The zero-order chi connectivity index (χ0) is 21.1. The first-order valence-corrected chi connectivity index (χ1v) is 9.09. The van der Waals surface area contributed by atoms with Crippen LogP contribution in [0.25, 0.3) is 0 Å². The van der Waals surface area contributed by atoms with Gasteiger partial charge in [-0.15, -0.1) is 0 Å². The van der Waals surface area contributed by atoms with Gasteiger partial charge in [0.15, 0.2) is 0 Å².